The summed E-state index contributed by atoms with van der Waals surface area (Å²) in [4.78, 5) is 11.7. The highest BCUT2D eigenvalue weighted by Crippen LogP contribution is 2.19. The zero-order valence-corrected chi connectivity index (χ0v) is 19.1. The maximum absolute atomic E-state index is 5.81. The van der Waals surface area contributed by atoms with E-state index >= 15 is 0 Å². The number of methoxy groups -OCH3 is 1. The maximum Gasteiger partial charge on any atom is 0.191 e. The van der Waals surface area contributed by atoms with Gasteiger partial charge in [-0.05, 0) is 50.5 Å². The first kappa shape index (κ1) is 22.9. The highest BCUT2D eigenvalue weighted by molar-refractivity contribution is 5.79. The number of benzene rings is 1. The topological polar surface area (TPSA) is 71.0 Å². The van der Waals surface area contributed by atoms with Crippen LogP contribution in [0.15, 0.2) is 47.6 Å². The molecule has 7 heteroatoms. The molecule has 1 aromatic carbocycles. The third-order valence-corrected chi connectivity index (χ3v) is 5.20. The summed E-state index contributed by atoms with van der Waals surface area (Å²) in [5.74, 6) is 2.72. The average molecular weight is 426 g/mol. The molecular weight excluding hydrogens is 390 g/mol. The molecular formula is C24H35N5O2. The molecule has 2 unspecified atom stereocenters. The number of aromatic nitrogens is 1. The number of aliphatic imine (C=N–C) groups is 1. The second kappa shape index (κ2) is 11.6. The highest BCUT2D eigenvalue weighted by atomic mass is 16.5. The molecule has 2 atom stereocenters. The predicted molar refractivity (Wildman–Crippen MR) is 126 cm³/mol. The molecule has 0 bridgehead atoms. The lowest BCUT2D eigenvalue weighted by Gasteiger charge is -2.36. The fourth-order valence-electron chi connectivity index (χ4n) is 3.80. The van der Waals surface area contributed by atoms with Crippen LogP contribution in [0.5, 0.6) is 5.75 Å². The number of hydrogen-bond donors (Lipinski definition) is 2. The minimum atomic E-state index is 0.222. The van der Waals surface area contributed by atoms with Crippen molar-refractivity contribution in [3.63, 3.8) is 0 Å². The van der Waals surface area contributed by atoms with Crippen LogP contribution in [0, 0.1) is 0 Å². The fraction of sp³-hybridized carbons (Fsp3) is 0.500. The smallest absolute Gasteiger partial charge is 0.191 e. The molecule has 1 fully saturated rings. The van der Waals surface area contributed by atoms with Crippen molar-refractivity contribution < 1.29 is 9.47 Å². The average Bonchev–Trinajstić information content (AvgIpc) is 2.77. The Bertz CT molecular complexity index is 830. The van der Waals surface area contributed by atoms with Crippen LogP contribution in [0.2, 0.25) is 0 Å². The van der Waals surface area contributed by atoms with Crippen molar-refractivity contribution in [2.24, 2.45) is 4.99 Å². The minimum Gasteiger partial charge on any atom is -0.496 e. The third kappa shape index (κ3) is 6.85. The van der Waals surface area contributed by atoms with Crippen LogP contribution >= 0.6 is 0 Å². The molecule has 168 valence electrons. The van der Waals surface area contributed by atoms with Gasteiger partial charge in [-0.25, -0.2) is 9.98 Å². The number of nitrogens with one attached hydrogen (secondary N) is 2. The lowest BCUT2D eigenvalue weighted by Crippen LogP contribution is -2.45. The summed E-state index contributed by atoms with van der Waals surface area (Å²) in [6.07, 6.45) is 3.22. The Kier molecular flexibility index (Phi) is 8.53. The van der Waals surface area contributed by atoms with Crippen LogP contribution in [0.25, 0.3) is 0 Å². The van der Waals surface area contributed by atoms with Crippen molar-refractivity contribution >= 4 is 11.8 Å². The Morgan fingerprint density at radius 3 is 2.61 bits per heavy atom. The molecule has 1 aromatic heterocycles. The predicted octanol–water partition coefficient (Wildman–Crippen LogP) is 3.00. The fourth-order valence-corrected chi connectivity index (χ4v) is 3.80. The van der Waals surface area contributed by atoms with Crippen LogP contribution in [0.3, 0.4) is 0 Å². The Labute approximate surface area is 185 Å². The van der Waals surface area contributed by atoms with Gasteiger partial charge in [-0.3, -0.25) is 0 Å². The van der Waals surface area contributed by atoms with Crippen LogP contribution < -0.4 is 20.3 Å². The quantitative estimate of drug-likeness (QED) is 0.501. The molecule has 1 saturated heterocycles. The van der Waals surface area contributed by atoms with Crippen molar-refractivity contribution in [3.05, 3.63) is 53.7 Å². The number of rotatable bonds is 8. The summed E-state index contributed by atoms with van der Waals surface area (Å²) in [5, 5.41) is 6.71. The van der Waals surface area contributed by atoms with E-state index in [1.165, 1.54) is 5.56 Å². The number of anilines is 1. The van der Waals surface area contributed by atoms with E-state index in [0.29, 0.717) is 6.54 Å². The van der Waals surface area contributed by atoms with Crippen molar-refractivity contribution in [1.82, 2.24) is 15.6 Å². The summed E-state index contributed by atoms with van der Waals surface area (Å²) in [7, 11) is 1.71. The Hall–Kier alpha value is -2.80. The first-order chi connectivity index (χ1) is 15.1. The number of hydrogen-bond acceptors (Lipinski definition) is 5. The lowest BCUT2D eigenvalue weighted by atomic mass is 10.1. The summed E-state index contributed by atoms with van der Waals surface area (Å²) >= 11 is 0. The minimum absolute atomic E-state index is 0.222. The van der Waals surface area contributed by atoms with Gasteiger partial charge in [0, 0.05) is 32.4 Å². The third-order valence-electron chi connectivity index (χ3n) is 5.20. The number of para-hydroxylation sites is 1. The summed E-state index contributed by atoms with van der Waals surface area (Å²) in [6, 6.07) is 12.3. The number of ether oxygens (including phenoxy) is 2. The molecule has 2 aromatic rings. The summed E-state index contributed by atoms with van der Waals surface area (Å²) in [6.45, 7) is 10.2. The van der Waals surface area contributed by atoms with Crippen molar-refractivity contribution in [3.8, 4) is 5.75 Å². The summed E-state index contributed by atoms with van der Waals surface area (Å²) in [5.41, 5.74) is 2.26. The van der Waals surface area contributed by atoms with Crippen LogP contribution in [-0.2, 0) is 17.7 Å². The number of nitrogens with zero attached hydrogens (tertiary/aromatic N) is 3. The van der Waals surface area contributed by atoms with E-state index in [-0.39, 0.29) is 12.2 Å². The molecule has 2 heterocycles. The molecule has 31 heavy (non-hydrogen) atoms. The Morgan fingerprint density at radius 2 is 1.94 bits per heavy atom. The van der Waals surface area contributed by atoms with Gasteiger partial charge in [-0.15, -0.1) is 0 Å². The molecule has 2 N–H and O–H groups in total. The van der Waals surface area contributed by atoms with Gasteiger partial charge in [0.2, 0.25) is 0 Å². The van der Waals surface area contributed by atoms with Crippen molar-refractivity contribution in [1.29, 1.82) is 0 Å². The molecule has 1 aliphatic rings. The molecule has 0 spiro atoms. The van der Waals surface area contributed by atoms with Crippen molar-refractivity contribution in [2.75, 3.05) is 38.2 Å². The molecule has 3 rings (SSSR count). The van der Waals surface area contributed by atoms with E-state index in [9.17, 15) is 0 Å². The van der Waals surface area contributed by atoms with E-state index in [1.54, 1.807) is 7.11 Å². The second-order valence-corrected chi connectivity index (χ2v) is 7.87. The normalized spacial score (nSPS) is 19.2. The zero-order valence-electron chi connectivity index (χ0n) is 19.1. The molecule has 1 aliphatic heterocycles. The molecule has 0 amide bonds. The SMILES string of the molecule is CCNC(=NCc1ccc(N2CC(C)OC(C)C2)nc1)NCCc1ccccc1OC. The lowest BCUT2D eigenvalue weighted by molar-refractivity contribution is -0.00545. The van der Waals surface area contributed by atoms with E-state index in [4.69, 9.17) is 14.5 Å². The van der Waals surface area contributed by atoms with Crippen LogP contribution in [0.4, 0.5) is 5.82 Å². The van der Waals surface area contributed by atoms with Crippen molar-refractivity contribution in [2.45, 2.75) is 45.9 Å². The molecule has 0 aliphatic carbocycles. The van der Waals surface area contributed by atoms with Gasteiger partial charge in [0.15, 0.2) is 5.96 Å². The molecule has 7 nitrogen and oxygen atoms in total. The first-order valence-electron chi connectivity index (χ1n) is 11.1. The van der Waals surface area contributed by atoms with Gasteiger partial charge in [0.1, 0.15) is 11.6 Å². The van der Waals surface area contributed by atoms with E-state index < -0.39 is 0 Å². The first-order valence-corrected chi connectivity index (χ1v) is 11.1. The molecule has 0 radical (unpaired) electrons. The Balaban J connectivity index is 1.54. The second-order valence-electron chi connectivity index (χ2n) is 7.87. The monoisotopic (exact) mass is 425 g/mol. The van der Waals surface area contributed by atoms with Crippen LogP contribution in [0.1, 0.15) is 31.9 Å². The van der Waals surface area contributed by atoms with E-state index in [0.717, 1.165) is 55.7 Å². The Morgan fingerprint density at radius 1 is 1.16 bits per heavy atom. The van der Waals surface area contributed by atoms with Gasteiger partial charge < -0.3 is 25.0 Å². The van der Waals surface area contributed by atoms with Crippen LogP contribution in [-0.4, -0.2) is 56.4 Å². The standard InChI is InChI=1S/C24H35N5O2/c1-5-25-24(26-13-12-21-8-6-7-9-22(21)30-4)28-15-20-10-11-23(27-14-20)29-16-18(2)31-19(3)17-29/h6-11,14,18-19H,5,12-13,15-17H2,1-4H3,(H2,25,26,28). The molecule has 0 saturated carbocycles. The van der Waals surface area contributed by atoms with Gasteiger partial charge in [-0.2, -0.15) is 0 Å². The number of morpholine rings is 1. The van der Waals surface area contributed by atoms with Gasteiger partial charge >= 0.3 is 0 Å². The van der Waals surface area contributed by atoms with E-state index in [2.05, 4.69) is 59.5 Å². The van der Waals surface area contributed by atoms with Gasteiger partial charge in [0.25, 0.3) is 0 Å². The number of guanidine groups is 1. The van der Waals surface area contributed by atoms with Gasteiger partial charge in [-0.1, -0.05) is 24.3 Å². The maximum atomic E-state index is 5.81. The van der Waals surface area contributed by atoms with E-state index in [1.807, 2.05) is 24.4 Å². The number of pyridine rings is 1. The summed E-state index contributed by atoms with van der Waals surface area (Å²) < 4.78 is 11.2. The highest BCUT2D eigenvalue weighted by Gasteiger charge is 2.22. The largest absolute Gasteiger partial charge is 0.496 e. The van der Waals surface area contributed by atoms with Gasteiger partial charge in [0.05, 0.1) is 25.9 Å². The zero-order chi connectivity index (χ0) is 22.1.